The van der Waals surface area contributed by atoms with Crippen LogP contribution in [0, 0.1) is 5.92 Å². The summed E-state index contributed by atoms with van der Waals surface area (Å²) < 4.78 is 0. The van der Waals surface area contributed by atoms with E-state index in [1.807, 2.05) is 18.9 Å². The fourth-order valence-electron chi connectivity index (χ4n) is 1.63. The Bertz CT molecular complexity index is 201. The summed E-state index contributed by atoms with van der Waals surface area (Å²) in [4.78, 5) is 13.6. The van der Waals surface area contributed by atoms with Crippen LogP contribution >= 0.6 is 0 Å². The molecule has 0 aromatic rings. The summed E-state index contributed by atoms with van der Waals surface area (Å²) in [7, 11) is 1.90. The minimum atomic E-state index is 0.0244. The van der Waals surface area contributed by atoms with Gasteiger partial charge in [0.25, 0.3) is 0 Å². The van der Waals surface area contributed by atoms with E-state index >= 15 is 0 Å². The van der Waals surface area contributed by atoms with Crippen LogP contribution in [0.3, 0.4) is 0 Å². The van der Waals surface area contributed by atoms with Gasteiger partial charge in [-0.15, -0.1) is 0 Å². The molecule has 0 saturated heterocycles. The molecule has 82 valence electrons. The van der Waals surface area contributed by atoms with E-state index in [1.54, 1.807) is 0 Å². The van der Waals surface area contributed by atoms with E-state index in [4.69, 9.17) is 5.73 Å². The van der Waals surface area contributed by atoms with Crippen molar-refractivity contribution in [1.29, 1.82) is 0 Å². The van der Waals surface area contributed by atoms with Gasteiger partial charge in [-0.2, -0.15) is 0 Å². The van der Waals surface area contributed by atoms with E-state index in [2.05, 4.69) is 6.92 Å². The number of nitrogens with two attached hydrogens (primary N) is 1. The smallest absolute Gasteiger partial charge is 0.224 e. The second-order valence-electron chi connectivity index (χ2n) is 4.46. The van der Waals surface area contributed by atoms with E-state index < -0.39 is 0 Å². The molecule has 2 N–H and O–H groups in total. The molecule has 1 aliphatic rings. The van der Waals surface area contributed by atoms with Gasteiger partial charge in [0.15, 0.2) is 0 Å². The van der Waals surface area contributed by atoms with Crippen LogP contribution in [0.4, 0.5) is 0 Å². The predicted molar refractivity (Wildman–Crippen MR) is 57.8 cm³/mol. The predicted octanol–water partition coefficient (Wildman–Crippen LogP) is 1.37. The molecule has 0 radical (unpaired) electrons. The minimum absolute atomic E-state index is 0.0244. The molecule has 2 atom stereocenters. The van der Waals surface area contributed by atoms with E-state index in [1.165, 1.54) is 12.8 Å². The van der Waals surface area contributed by atoms with Gasteiger partial charge < -0.3 is 10.6 Å². The van der Waals surface area contributed by atoms with E-state index in [-0.39, 0.29) is 11.9 Å². The lowest BCUT2D eigenvalue weighted by molar-refractivity contribution is -0.132. The third-order valence-electron chi connectivity index (χ3n) is 3.27. The summed E-state index contributed by atoms with van der Waals surface area (Å²) in [5.74, 6) is 0.931. The molecular formula is C11H22N2O. The Kier molecular flexibility index (Phi) is 3.93. The van der Waals surface area contributed by atoms with Crippen LogP contribution in [0.1, 0.15) is 39.5 Å². The summed E-state index contributed by atoms with van der Waals surface area (Å²) in [5.41, 5.74) is 5.76. The molecule has 1 amide bonds. The number of rotatable bonds is 5. The molecule has 1 rings (SSSR count). The molecule has 0 bridgehead atoms. The number of amides is 1. The van der Waals surface area contributed by atoms with E-state index in [0.29, 0.717) is 12.5 Å². The number of hydrogen-bond donors (Lipinski definition) is 1. The number of carbonyl (C=O) groups is 1. The zero-order valence-corrected chi connectivity index (χ0v) is 9.49. The second kappa shape index (κ2) is 4.78. The molecule has 3 nitrogen and oxygen atoms in total. The van der Waals surface area contributed by atoms with Crippen molar-refractivity contribution in [2.75, 3.05) is 7.05 Å². The van der Waals surface area contributed by atoms with Crippen molar-refractivity contribution in [3.63, 3.8) is 0 Å². The summed E-state index contributed by atoms with van der Waals surface area (Å²) in [5, 5.41) is 0. The quantitative estimate of drug-likeness (QED) is 0.725. The Labute approximate surface area is 86.6 Å². The molecule has 1 saturated carbocycles. The molecule has 3 heteroatoms. The van der Waals surface area contributed by atoms with Gasteiger partial charge in [0.05, 0.1) is 0 Å². The lowest BCUT2D eigenvalue weighted by Crippen LogP contribution is -2.39. The lowest BCUT2D eigenvalue weighted by Gasteiger charge is -2.26. The molecule has 0 aromatic carbocycles. The van der Waals surface area contributed by atoms with Crippen molar-refractivity contribution in [2.24, 2.45) is 11.7 Å². The van der Waals surface area contributed by atoms with Gasteiger partial charge in [0.2, 0.25) is 5.91 Å². The Hall–Kier alpha value is -0.570. The highest BCUT2D eigenvalue weighted by molar-refractivity contribution is 5.76. The van der Waals surface area contributed by atoms with Crippen molar-refractivity contribution >= 4 is 5.91 Å². The third-order valence-corrected chi connectivity index (χ3v) is 3.27. The third kappa shape index (κ3) is 2.98. The summed E-state index contributed by atoms with van der Waals surface area (Å²) >= 11 is 0. The Morgan fingerprint density at radius 1 is 1.57 bits per heavy atom. The summed E-state index contributed by atoms with van der Waals surface area (Å²) in [6, 6.07) is 0.419. The largest absolute Gasteiger partial charge is 0.343 e. The first-order valence-electron chi connectivity index (χ1n) is 5.57. The molecule has 1 fully saturated rings. The summed E-state index contributed by atoms with van der Waals surface area (Å²) in [6.45, 7) is 4.15. The highest BCUT2D eigenvalue weighted by Crippen LogP contribution is 2.34. The standard InChI is InChI=1S/C11H22N2O/c1-4-10(12)7-11(14)13(3)8(2)9-5-6-9/h8-10H,4-7,12H2,1-3H3. The molecule has 2 unspecified atom stereocenters. The number of carbonyl (C=O) groups excluding carboxylic acids is 1. The zero-order chi connectivity index (χ0) is 10.7. The average Bonchev–Trinajstić information content (AvgIpc) is 2.98. The SMILES string of the molecule is CCC(N)CC(=O)N(C)C(C)C1CC1. The molecule has 0 aromatic heterocycles. The highest BCUT2D eigenvalue weighted by atomic mass is 16.2. The fourth-order valence-corrected chi connectivity index (χ4v) is 1.63. The summed E-state index contributed by atoms with van der Waals surface area (Å²) in [6.07, 6.45) is 3.92. The topological polar surface area (TPSA) is 46.3 Å². The maximum absolute atomic E-state index is 11.7. The lowest BCUT2D eigenvalue weighted by atomic mass is 10.1. The first-order chi connectivity index (χ1) is 6.56. The van der Waals surface area contributed by atoms with Crippen LogP contribution in [0.2, 0.25) is 0 Å². The van der Waals surface area contributed by atoms with E-state index in [0.717, 1.165) is 12.3 Å². The van der Waals surface area contributed by atoms with Crippen molar-refractivity contribution in [2.45, 2.75) is 51.6 Å². The number of nitrogens with zero attached hydrogens (tertiary/aromatic N) is 1. The van der Waals surface area contributed by atoms with Crippen LogP contribution in [-0.2, 0) is 4.79 Å². The maximum atomic E-state index is 11.7. The number of hydrogen-bond acceptors (Lipinski definition) is 2. The maximum Gasteiger partial charge on any atom is 0.224 e. The molecule has 0 spiro atoms. The Balaban J connectivity index is 2.34. The van der Waals surface area contributed by atoms with Gasteiger partial charge in [-0.05, 0) is 32.1 Å². The van der Waals surface area contributed by atoms with Gasteiger partial charge >= 0.3 is 0 Å². The highest BCUT2D eigenvalue weighted by Gasteiger charge is 2.32. The Morgan fingerprint density at radius 2 is 2.14 bits per heavy atom. The van der Waals surface area contributed by atoms with Crippen molar-refractivity contribution < 1.29 is 4.79 Å². The van der Waals surface area contributed by atoms with Crippen molar-refractivity contribution in [1.82, 2.24) is 4.90 Å². The monoisotopic (exact) mass is 198 g/mol. The van der Waals surface area contributed by atoms with E-state index in [9.17, 15) is 4.79 Å². The fraction of sp³-hybridized carbons (Fsp3) is 0.909. The van der Waals surface area contributed by atoms with Crippen LogP contribution in [0.25, 0.3) is 0 Å². The van der Waals surface area contributed by atoms with Gasteiger partial charge in [-0.1, -0.05) is 6.92 Å². The zero-order valence-electron chi connectivity index (χ0n) is 9.49. The molecule has 1 aliphatic carbocycles. The molecule has 0 heterocycles. The van der Waals surface area contributed by atoms with Crippen LogP contribution < -0.4 is 5.73 Å². The normalized spacial score (nSPS) is 20.3. The van der Waals surface area contributed by atoms with Crippen LogP contribution in [0.15, 0.2) is 0 Å². The van der Waals surface area contributed by atoms with Crippen molar-refractivity contribution in [3.8, 4) is 0 Å². The van der Waals surface area contributed by atoms with Gasteiger partial charge in [0, 0.05) is 25.6 Å². The minimum Gasteiger partial charge on any atom is -0.343 e. The van der Waals surface area contributed by atoms with Crippen LogP contribution in [0.5, 0.6) is 0 Å². The van der Waals surface area contributed by atoms with Crippen LogP contribution in [-0.4, -0.2) is 29.9 Å². The first kappa shape index (κ1) is 11.5. The van der Waals surface area contributed by atoms with Crippen molar-refractivity contribution in [3.05, 3.63) is 0 Å². The molecule has 0 aliphatic heterocycles. The Morgan fingerprint density at radius 3 is 2.57 bits per heavy atom. The molecule has 14 heavy (non-hydrogen) atoms. The second-order valence-corrected chi connectivity index (χ2v) is 4.46. The van der Waals surface area contributed by atoms with Gasteiger partial charge in [-0.3, -0.25) is 4.79 Å². The van der Waals surface area contributed by atoms with Gasteiger partial charge in [-0.25, -0.2) is 0 Å². The molecular weight excluding hydrogens is 176 g/mol. The van der Waals surface area contributed by atoms with Gasteiger partial charge in [0.1, 0.15) is 0 Å². The first-order valence-corrected chi connectivity index (χ1v) is 5.57. The average molecular weight is 198 g/mol.